The minimum absolute atomic E-state index is 0.0101. The van der Waals surface area contributed by atoms with Crippen LogP contribution in [-0.4, -0.2) is 30.2 Å². The number of halogens is 1. The Hall–Kier alpha value is -2.67. The molecule has 2 aromatic rings. The number of ether oxygens (including phenoxy) is 1. The molecule has 0 spiro atoms. The third-order valence-corrected chi connectivity index (χ3v) is 3.85. The number of urea groups is 1. The zero-order chi connectivity index (χ0) is 17.6. The number of hydrogen-bond acceptors (Lipinski definition) is 4. The molecule has 1 aromatic heterocycles. The number of aryl methyl sites for hydroxylation is 1. The Labute approximate surface area is 145 Å². The van der Waals surface area contributed by atoms with Crippen LogP contribution in [0.2, 0.25) is 0 Å². The first-order valence-corrected chi connectivity index (χ1v) is 8.27. The molecule has 0 saturated carbocycles. The van der Waals surface area contributed by atoms with Crippen LogP contribution in [0.5, 0.6) is 5.75 Å². The lowest BCUT2D eigenvalue weighted by molar-refractivity contribution is 0.166. The van der Waals surface area contributed by atoms with E-state index in [1.54, 1.807) is 24.4 Å². The van der Waals surface area contributed by atoms with Crippen LogP contribution in [0.1, 0.15) is 18.5 Å². The summed E-state index contributed by atoms with van der Waals surface area (Å²) < 4.78 is 19.6. The lowest BCUT2D eigenvalue weighted by Crippen LogP contribution is -2.37. The van der Waals surface area contributed by atoms with Crippen LogP contribution >= 0.6 is 0 Å². The van der Waals surface area contributed by atoms with E-state index in [4.69, 9.17) is 4.74 Å². The van der Waals surface area contributed by atoms with Crippen molar-refractivity contribution in [1.29, 1.82) is 0 Å². The molecule has 6 nitrogen and oxygen atoms in total. The van der Waals surface area contributed by atoms with E-state index >= 15 is 0 Å². The summed E-state index contributed by atoms with van der Waals surface area (Å²) in [6.45, 7) is 3.57. The SMILES string of the molecule is Cc1ccc(NC(=O)Nc2cc(F)cc(OC3CCCNC3)c2)cn1. The molecule has 132 valence electrons. The van der Waals surface area contributed by atoms with E-state index in [1.165, 1.54) is 12.1 Å². The van der Waals surface area contributed by atoms with Crippen molar-refractivity contribution in [3.63, 3.8) is 0 Å². The smallest absolute Gasteiger partial charge is 0.323 e. The second-order valence-corrected chi connectivity index (χ2v) is 6.03. The minimum atomic E-state index is -0.471. The molecule has 2 amide bonds. The number of hydrogen-bond donors (Lipinski definition) is 3. The molecule has 7 heteroatoms. The average molecular weight is 344 g/mol. The third-order valence-electron chi connectivity index (χ3n) is 3.85. The summed E-state index contributed by atoms with van der Waals surface area (Å²) in [6.07, 6.45) is 3.52. The highest BCUT2D eigenvalue weighted by Gasteiger charge is 2.15. The first-order chi connectivity index (χ1) is 12.1. The number of carbonyl (C=O) groups excluding carboxylic acids is 1. The van der Waals surface area contributed by atoms with Gasteiger partial charge in [0.05, 0.1) is 11.9 Å². The normalized spacial score (nSPS) is 17.0. The van der Waals surface area contributed by atoms with Crippen LogP contribution in [0.3, 0.4) is 0 Å². The van der Waals surface area contributed by atoms with Crippen molar-refractivity contribution in [2.24, 2.45) is 0 Å². The summed E-state index contributed by atoms with van der Waals surface area (Å²) in [4.78, 5) is 16.2. The highest BCUT2D eigenvalue weighted by molar-refractivity contribution is 5.99. The van der Waals surface area contributed by atoms with E-state index in [9.17, 15) is 9.18 Å². The van der Waals surface area contributed by atoms with Gasteiger partial charge in [-0.05, 0) is 44.5 Å². The highest BCUT2D eigenvalue weighted by atomic mass is 19.1. The van der Waals surface area contributed by atoms with E-state index in [0.717, 1.165) is 31.6 Å². The minimum Gasteiger partial charge on any atom is -0.489 e. The number of pyridine rings is 1. The first kappa shape index (κ1) is 17.2. The number of anilines is 2. The fourth-order valence-corrected chi connectivity index (χ4v) is 2.65. The Bertz CT molecular complexity index is 730. The van der Waals surface area contributed by atoms with Gasteiger partial charge in [-0.1, -0.05) is 0 Å². The van der Waals surface area contributed by atoms with Gasteiger partial charge in [0.15, 0.2) is 0 Å². The maximum absolute atomic E-state index is 13.8. The van der Waals surface area contributed by atoms with Crippen LogP contribution in [0.25, 0.3) is 0 Å². The number of amides is 2. The number of rotatable bonds is 4. The summed E-state index contributed by atoms with van der Waals surface area (Å²) in [6, 6.07) is 7.26. The van der Waals surface area contributed by atoms with Crippen LogP contribution < -0.4 is 20.7 Å². The van der Waals surface area contributed by atoms with Gasteiger partial charge in [-0.25, -0.2) is 9.18 Å². The van der Waals surface area contributed by atoms with Gasteiger partial charge in [-0.2, -0.15) is 0 Å². The van der Waals surface area contributed by atoms with E-state index in [0.29, 0.717) is 17.1 Å². The molecule has 0 radical (unpaired) electrons. The molecule has 1 saturated heterocycles. The van der Waals surface area contributed by atoms with E-state index in [-0.39, 0.29) is 6.10 Å². The second-order valence-electron chi connectivity index (χ2n) is 6.03. The summed E-state index contributed by atoms with van der Waals surface area (Å²) >= 11 is 0. The number of benzene rings is 1. The third kappa shape index (κ3) is 5.15. The van der Waals surface area contributed by atoms with Crippen molar-refractivity contribution >= 4 is 17.4 Å². The number of piperidine rings is 1. The van der Waals surface area contributed by atoms with Crippen molar-refractivity contribution in [2.45, 2.75) is 25.9 Å². The zero-order valence-electron chi connectivity index (χ0n) is 14.0. The molecular weight excluding hydrogens is 323 g/mol. The van der Waals surface area contributed by atoms with Crippen molar-refractivity contribution in [1.82, 2.24) is 10.3 Å². The van der Waals surface area contributed by atoms with E-state index < -0.39 is 11.8 Å². The monoisotopic (exact) mass is 344 g/mol. The molecule has 1 fully saturated rings. The van der Waals surface area contributed by atoms with Gasteiger partial charge in [0, 0.05) is 30.1 Å². The molecule has 2 heterocycles. The van der Waals surface area contributed by atoms with Crippen molar-refractivity contribution < 1.29 is 13.9 Å². The van der Waals surface area contributed by atoms with Crippen LogP contribution in [0.4, 0.5) is 20.6 Å². The predicted octanol–water partition coefficient (Wildman–Crippen LogP) is 3.30. The van der Waals surface area contributed by atoms with Gasteiger partial charge < -0.3 is 20.7 Å². The summed E-state index contributed by atoms with van der Waals surface area (Å²) in [7, 11) is 0. The Morgan fingerprint density at radius 2 is 2.12 bits per heavy atom. The Kier molecular flexibility index (Phi) is 5.45. The molecule has 3 rings (SSSR count). The maximum atomic E-state index is 13.8. The first-order valence-electron chi connectivity index (χ1n) is 8.27. The van der Waals surface area contributed by atoms with Gasteiger partial charge in [0.1, 0.15) is 17.7 Å². The predicted molar refractivity (Wildman–Crippen MR) is 94.5 cm³/mol. The molecule has 1 aromatic carbocycles. The summed E-state index contributed by atoms with van der Waals surface area (Å²) in [5, 5.41) is 8.51. The Morgan fingerprint density at radius 3 is 2.84 bits per heavy atom. The lowest BCUT2D eigenvalue weighted by Gasteiger charge is -2.24. The number of nitrogens with zero attached hydrogens (tertiary/aromatic N) is 1. The van der Waals surface area contributed by atoms with Crippen LogP contribution in [0, 0.1) is 12.7 Å². The Morgan fingerprint density at radius 1 is 1.28 bits per heavy atom. The average Bonchev–Trinajstić information content (AvgIpc) is 2.57. The summed E-state index contributed by atoms with van der Waals surface area (Å²) in [5.41, 5.74) is 1.75. The van der Waals surface area contributed by atoms with E-state index in [1.807, 2.05) is 6.92 Å². The summed E-state index contributed by atoms with van der Waals surface area (Å²) in [5.74, 6) is -0.0606. The molecule has 1 atom stereocenters. The maximum Gasteiger partial charge on any atom is 0.323 e. The molecule has 3 N–H and O–H groups in total. The molecular formula is C18H21FN4O2. The molecule has 25 heavy (non-hydrogen) atoms. The standard InChI is InChI=1S/C18H21FN4O2/c1-12-4-5-14(10-21-12)22-18(24)23-15-7-13(19)8-17(9-15)25-16-3-2-6-20-11-16/h4-5,7-10,16,20H,2-3,6,11H2,1H3,(H2,22,23,24). The second kappa shape index (κ2) is 7.94. The van der Waals surface area contributed by atoms with Crippen molar-refractivity contribution in [2.75, 3.05) is 23.7 Å². The van der Waals surface area contributed by atoms with Gasteiger partial charge in [0.2, 0.25) is 0 Å². The number of nitrogens with one attached hydrogen (secondary N) is 3. The van der Waals surface area contributed by atoms with E-state index in [2.05, 4.69) is 20.9 Å². The van der Waals surface area contributed by atoms with Gasteiger partial charge >= 0.3 is 6.03 Å². The van der Waals surface area contributed by atoms with Crippen LogP contribution in [-0.2, 0) is 0 Å². The fourth-order valence-electron chi connectivity index (χ4n) is 2.65. The highest BCUT2D eigenvalue weighted by Crippen LogP contribution is 2.23. The van der Waals surface area contributed by atoms with Gasteiger partial charge in [-0.3, -0.25) is 4.98 Å². The molecule has 0 bridgehead atoms. The fraction of sp³-hybridized carbons (Fsp3) is 0.333. The van der Waals surface area contributed by atoms with Crippen molar-refractivity contribution in [3.8, 4) is 5.75 Å². The number of carbonyl (C=O) groups is 1. The van der Waals surface area contributed by atoms with Gasteiger partial charge in [0.25, 0.3) is 0 Å². The van der Waals surface area contributed by atoms with Gasteiger partial charge in [-0.15, -0.1) is 0 Å². The van der Waals surface area contributed by atoms with Crippen LogP contribution in [0.15, 0.2) is 36.5 Å². The Balaban J connectivity index is 1.62. The zero-order valence-corrected chi connectivity index (χ0v) is 14.0. The van der Waals surface area contributed by atoms with Crippen molar-refractivity contribution in [3.05, 3.63) is 48.0 Å². The molecule has 0 aliphatic carbocycles. The quantitative estimate of drug-likeness (QED) is 0.795. The molecule has 1 aliphatic rings. The largest absolute Gasteiger partial charge is 0.489 e. The topological polar surface area (TPSA) is 75.3 Å². The molecule has 1 aliphatic heterocycles. The molecule has 1 unspecified atom stereocenters. The number of aromatic nitrogens is 1. The lowest BCUT2D eigenvalue weighted by atomic mass is 10.1.